The van der Waals surface area contributed by atoms with Crippen molar-refractivity contribution in [2.75, 3.05) is 32.8 Å². The van der Waals surface area contributed by atoms with Crippen LogP contribution in [0.5, 0.6) is 0 Å². The van der Waals surface area contributed by atoms with Gasteiger partial charge in [0.05, 0.1) is 24.8 Å². The Hall–Kier alpha value is -1.76. The number of nitrogens with one attached hydrogen (secondary N) is 1. The summed E-state index contributed by atoms with van der Waals surface area (Å²) < 4.78 is 5.80. The summed E-state index contributed by atoms with van der Waals surface area (Å²) in [5, 5.41) is 5.95. The molecule has 0 bridgehead atoms. The molecule has 0 radical (unpaired) electrons. The first-order valence-electron chi connectivity index (χ1n) is 10.2. The zero-order chi connectivity index (χ0) is 19.9. The lowest BCUT2D eigenvalue weighted by molar-refractivity contribution is -0.121. The van der Waals surface area contributed by atoms with Gasteiger partial charge >= 0.3 is 0 Å². The average Bonchev–Trinajstić information content (AvgIpc) is 3.14. The van der Waals surface area contributed by atoms with Gasteiger partial charge in [0.1, 0.15) is 5.01 Å². The minimum absolute atomic E-state index is 0.00256. The van der Waals surface area contributed by atoms with Gasteiger partial charge in [-0.25, -0.2) is 4.98 Å². The molecule has 1 aliphatic rings. The first-order chi connectivity index (χ1) is 13.5. The molecule has 152 valence electrons. The predicted molar refractivity (Wildman–Crippen MR) is 115 cm³/mol. The van der Waals surface area contributed by atoms with Crippen molar-refractivity contribution in [2.45, 2.75) is 39.7 Å². The second-order valence-corrected chi connectivity index (χ2v) is 8.68. The smallest absolute Gasteiger partial charge is 0.226 e. The van der Waals surface area contributed by atoms with Crippen molar-refractivity contribution < 1.29 is 9.53 Å². The molecule has 0 saturated carbocycles. The van der Waals surface area contributed by atoms with Gasteiger partial charge in [0.25, 0.3) is 0 Å². The first kappa shape index (κ1) is 21.0. The molecule has 1 amide bonds. The molecule has 6 heteroatoms. The van der Waals surface area contributed by atoms with Gasteiger partial charge in [-0.15, -0.1) is 11.3 Å². The normalized spacial score (nSPS) is 17.8. The van der Waals surface area contributed by atoms with Gasteiger partial charge in [0.2, 0.25) is 5.91 Å². The molecule has 28 heavy (non-hydrogen) atoms. The fourth-order valence-corrected chi connectivity index (χ4v) is 4.27. The third-order valence-electron chi connectivity index (χ3n) is 4.88. The van der Waals surface area contributed by atoms with E-state index < -0.39 is 0 Å². The standard InChI is InChI=1S/C22H31N3O2S/c1-4-17-5-7-18(8-6-17)22-24-19(15-28-22)11-21(26)23-12-20-14-25(9-10-27-20)13-16(2)3/h5-8,15-16,20H,4,9-14H2,1-3H3,(H,23,26). The minimum Gasteiger partial charge on any atom is -0.374 e. The third-order valence-corrected chi connectivity index (χ3v) is 5.82. The molecule has 1 atom stereocenters. The summed E-state index contributed by atoms with van der Waals surface area (Å²) in [5.74, 6) is 0.646. The van der Waals surface area contributed by atoms with E-state index in [-0.39, 0.29) is 12.0 Å². The molecule has 1 saturated heterocycles. The minimum atomic E-state index is 0.00256. The molecule has 1 unspecified atom stereocenters. The summed E-state index contributed by atoms with van der Waals surface area (Å²) in [4.78, 5) is 19.4. The lowest BCUT2D eigenvalue weighted by Gasteiger charge is -2.33. The average molecular weight is 402 g/mol. The van der Waals surface area contributed by atoms with Crippen LogP contribution in [0.3, 0.4) is 0 Å². The maximum absolute atomic E-state index is 12.3. The van der Waals surface area contributed by atoms with Gasteiger partial charge in [-0.1, -0.05) is 45.0 Å². The molecule has 1 aromatic carbocycles. The largest absolute Gasteiger partial charge is 0.374 e. The molecule has 1 aliphatic heterocycles. The number of nitrogens with zero attached hydrogens (tertiary/aromatic N) is 2. The molecule has 1 N–H and O–H groups in total. The summed E-state index contributed by atoms with van der Waals surface area (Å²) in [6.45, 7) is 10.8. The highest BCUT2D eigenvalue weighted by Crippen LogP contribution is 2.24. The van der Waals surface area contributed by atoms with Gasteiger partial charge < -0.3 is 10.1 Å². The van der Waals surface area contributed by atoms with Crippen molar-refractivity contribution in [3.63, 3.8) is 0 Å². The molecule has 0 aliphatic carbocycles. The van der Waals surface area contributed by atoms with Crippen LogP contribution in [0.2, 0.25) is 0 Å². The Morgan fingerprint density at radius 1 is 1.36 bits per heavy atom. The Morgan fingerprint density at radius 2 is 2.14 bits per heavy atom. The fraction of sp³-hybridized carbons (Fsp3) is 0.545. The van der Waals surface area contributed by atoms with E-state index >= 15 is 0 Å². The number of amides is 1. The van der Waals surface area contributed by atoms with Gasteiger partial charge in [-0.3, -0.25) is 9.69 Å². The summed E-state index contributed by atoms with van der Waals surface area (Å²) >= 11 is 1.59. The Morgan fingerprint density at radius 3 is 2.86 bits per heavy atom. The van der Waals surface area contributed by atoms with Crippen LogP contribution in [0.25, 0.3) is 10.6 Å². The zero-order valence-electron chi connectivity index (χ0n) is 17.1. The molecule has 5 nitrogen and oxygen atoms in total. The number of carbonyl (C=O) groups excluding carboxylic acids is 1. The van der Waals surface area contributed by atoms with Gasteiger partial charge in [0, 0.05) is 37.1 Å². The fourth-order valence-electron chi connectivity index (χ4n) is 3.44. The Bertz CT molecular complexity index is 757. The summed E-state index contributed by atoms with van der Waals surface area (Å²) in [5.41, 5.74) is 3.24. The lowest BCUT2D eigenvalue weighted by Crippen LogP contribution is -2.48. The van der Waals surface area contributed by atoms with Gasteiger partial charge in [-0.2, -0.15) is 0 Å². The van der Waals surface area contributed by atoms with Crippen LogP contribution < -0.4 is 5.32 Å². The highest BCUT2D eigenvalue weighted by atomic mass is 32.1. The van der Waals surface area contributed by atoms with Crippen LogP contribution in [0.4, 0.5) is 0 Å². The number of rotatable bonds is 8. The van der Waals surface area contributed by atoms with E-state index in [1.165, 1.54) is 5.56 Å². The van der Waals surface area contributed by atoms with E-state index in [2.05, 4.69) is 60.2 Å². The zero-order valence-corrected chi connectivity index (χ0v) is 17.9. The monoisotopic (exact) mass is 401 g/mol. The van der Waals surface area contributed by atoms with Crippen molar-refractivity contribution in [1.29, 1.82) is 0 Å². The number of hydrogen-bond donors (Lipinski definition) is 1. The molecular formula is C22H31N3O2S. The molecule has 3 rings (SSSR count). The highest BCUT2D eigenvalue weighted by molar-refractivity contribution is 7.13. The number of ether oxygens (including phenoxy) is 1. The van der Waals surface area contributed by atoms with Crippen molar-refractivity contribution in [2.24, 2.45) is 5.92 Å². The molecule has 1 fully saturated rings. The van der Waals surface area contributed by atoms with Crippen LogP contribution in [0.15, 0.2) is 29.6 Å². The summed E-state index contributed by atoms with van der Waals surface area (Å²) in [7, 11) is 0. The van der Waals surface area contributed by atoms with E-state index in [1.54, 1.807) is 11.3 Å². The molecule has 0 spiro atoms. The second kappa shape index (κ2) is 10.1. The number of thiazole rings is 1. The highest BCUT2D eigenvalue weighted by Gasteiger charge is 2.21. The number of morpholine rings is 1. The van der Waals surface area contributed by atoms with Crippen molar-refractivity contribution in [3.05, 3.63) is 40.9 Å². The van der Waals surface area contributed by atoms with Crippen molar-refractivity contribution >= 4 is 17.2 Å². The summed E-state index contributed by atoms with van der Waals surface area (Å²) in [6, 6.07) is 8.47. The van der Waals surface area contributed by atoms with Crippen molar-refractivity contribution in [3.8, 4) is 10.6 Å². The molecule has 2 aromatic rings. The van der Waals surface area contributed by atoms with Crippen LogP contribution >= 0.6 is 11.3 Å². The molecular weight excluding hydrogens is 370 g/mol. The maximum atomic E-state index is 12.3. The Balaban J connectivity index is 1.46. The molecule has 2 heterocycles. The number of aryl methyl sites for hydroxylation is 1. The Kier molecular flexibility index (Phi) is 7.59. The number of carbonyl (C=O) groups is 1. The van der Waals surface area contributed by atoms with Gasteiger partial charge in [0.15, 0.2) is 0 Å². The van der Waals surface area contributed by atoms with Crippen LogP contribution in [0.1, 0.15) is 32.0 Å². The SMILES string of the molecule is CCc1ccc(-c2nc(CC(=O)NCC3CN(CC(C)C)CCO3)cs2)cc1. The van der Waals surface area contributed by atoms with Crippen molar-refractivity contribution in [1.82, 2.24) is 15.2 Å². The van der Waals surface area contributed by atoms with E-state index in [0.29, 0.717) is 18.9 Å². The second-order valence-electron chi connectivity index (χ2n) is 7.82. The Labute approximate surface area is 172 Å². The summed E-state index contributed by atoms with van der Waals surface area (Å²) in [6.07, 6.45) is 1.41. The first-order valence-corrected chi connectivity index (χ1v) is 11.1. The topological polar surface area (TPSA) is 54.5 Å². The van der Waals surface area contributed by atoms with E-state index in [9.17, 15) is 4.79 Å². The van der Waals surface area contributed by atoms with E-state index in [0.717, 1.165) is 48.9 Å². The maximum Gasteiger partial charge on any atom is 0.226 e. The van der Waals surface area contributed by atoms with Crippen LogP contribution in [-0.2, 0) is 22.4 Å². The van der Waals surface area contributed by atoms with E-state index in [1.807, 2.05) is 5.38 Å². The quantitative estimate of drug-likeness (QED) is 0.737. The number of aromatic nitrogens is 1. The van der Waals surface area contributed by atoms with Crippen LogP contribution in [-0.4, -0.2) is 54.7 Å². The van der Waals surface area contributed by atoms with Crippen LogP contribution in [0, 0.1) is 5.92 Å². The van der Waals surface area contributed by atoms with Gasteiger partial charge in [-0.05, 0) is 17.9 Å². The van der Waals surface area contributed by atoms with E-state index in [4.69, 9.17) is 4.74 Å². The number of benzene rings is 1. The molecule has 1 aromatic heterocycles. The third kappa shape index (κ3) is 6.12. The predicted octanol–water partition coefficient (Wildman–Crippen LogP) is 3.39. The number of hydrogen-bond acceptors (Lipinski definition) is 5. The lowest BCUT2D eigenvalue weighted by atomic mass is 10.1.